The molecule has 1 aromatic carbocycles. The van der Waals surface area contributed by atoms with Gasteiger partial charge in [0.15, 0.2) is 0 Å². The SMILES string of the molecule is OCC1=Cc2cc(Cl)ccc2C(N2CCNCC2)c2ncccc21. The van der Waals surface area contributed by atoms with E-state index in [0.29, 0.717) is 5.02 Å². The van der Waals surface area contributed by atoms with Crippen molar-refractivity contribution in [3.63, 3.8) is 0 Å². The zero-order chi connectivity index (χ0) is 16.5. The Morgan fingerprint density at radius 1 is 1.25 bits per heavy atom. The van der Waals surface area contributed by atoms with Gasteiger partial charge in [-0.2, -0.15) is 0 Å². The molecule has 0 amide bonds. The van der Waals surface area contributed by atoms with E-state index in [9.17, 15) is 5.11 Å². The fourth-order valence-electron chi connectivity index (χ4n) is 3.68. The zero-order valence-electron chi connectivity index (χ0n) is 13.4. The maximum atomic E-state index is 9.90. The number of nitrogens with one attached hydrogen (secondary N) is 1. The summed E-state index contributed by atoms with van der Waals surface area (Å²) in [7, 11) is 0. The third-order valence-corrected chi connectivity index (χ3v) is 5.04. The molecule has 5 heteroatoms. The van der Waals surface area contributed by atoms with Crippen molar-refractivity contribution >= 4 is 23.3 Å². The first-order chi connectivity index (χ1) is 11.8. The van der Waals surface area contributed by atoms with E-state index >= 15 is 0 Å². The van der Waals surface area contributed by atoms with Gasteiger partial charge in [-0.05, 0) is 41.0 Å². The number of hydrogen-bond donors (Lipinski definition) is 2. The predicted octanol–water partition coefficient (Wildman–Crippen LogP) is 2.58. The molecule has 2 aliphatic rings. The number of aromatic nitrogens is 1. The molecule has 1 unspecified atom stereocenters. The topological polar surface area (TPSA) is 48.4 Å². The third-order valence-electron chi connectivity index (χ3n) is 4.80. The molecule has 0 spiro atoms. The molecule has 24 heavy (non-hydrogen) atoms. The van der Waals surface area contributed by atoms with Crippen LogP contribution in [0.25, 0.3) is 11.6 Å². The van der Waals surface area contributed by atoms with Gasteiger partial charge < -0.3 is 10.4 Å². The highest BCUT2D eigenvalue weighted by atomic mass is 35.5. The van der Waals surface area contributed by atoms with E-state index in [4.69, 9.17) is 16.6 Å². The Morgan fingerprint density at radius 3 is 2.88 bits per heavy atom. The monoisotopic (exact) mass is 341 g/mol. The maximum Gasteiger partial charge on any atom is 0.0789 e. The van der Waals surface area contributed by atoms with Crippen molar-refractivity contribution < 1.29 is 5.11 Å². The summed E-state index contributed by atoms with van der Waals surface area (Å²) in [6, 6.07) is 10.1. The van der Waals surface area contributed by atoms with Gasteiger partial charge in [0.25, 0.3) is 0 Å². The number of nitrogens with zero attached hydrogens (tertiary/aromatic N) is 2. The average molecular weight is 342 g/mol. The van der Waals surface area contributed by atoms with Crippen molar-refractivity contribution in [2.75, 3.05) is 32.8 Å². The standard InChI is InChI=1S/C19H20ClN3O/c20-15-3-4-17-13(11-15)10-14(12-24)16-2-1-5-22-18(16)19(17)23-8-6-21-7-9-23/h1-5,10-11,19,21,24H,6-9,12H2. The summed E-state index contributed by atoms with van der Waals surface area (Å²) in [6.07, 6.45) is 3.88. The van der Waals surface area contributed by atoms with E-state index in [0.717, 1.165) is 48.6 Å². The smallest absolute Gasteiger partial charge is 0.0789 e. The highest BCUT2D eigenvalue weighted by Gasteiger charge is 2.31. The fourth-order valence-corrected chi connectivity index (χ4v) is 3.86. The van der Waals surface area contributed by atoms with Crippen molar-refractivity contribution in [1.82, 2.24) is 15.2 Å². The first kappa shape index (κ1) is 15.8. The lowest BCUT2D eigenvalue weighted by Gasteiger charge is -2.35. The Morgan fingerprint density at radius 2 is 2.08 bits per heavy atom. The quantitative estimate of drug-likeness (QED) is 0.881. The van der Waals surface area contributed by atoms with Crippen LogP contribution in [0.2, 0.25) is 5.02 Å². The molecule has 1 atom stereocenters. The summed E-state index contributed by atoms with van der Waals surface area (Å²) in [5, 5.41) is 14.0. The van der Waals surface area contributed by atoms with Crippen LogP contribution in [-0.2, 0) is 0 Å². The fraction of sp³-hybridized carbons (Fsp3) is 0.316. The van der Waals surface area contributed by atoms with Crippen LogP contribution in [-0.4, -0.2) is 47.8 Å². The van der Waals surface area contributed by atoms with Crippen molar-refractivity contribution in [2.24, 2.45) is 0 Å². The second-order valence-corrected chi connectivity index (χ2v) is 6.66. The van der Waals surface area contributed by atoms with Crippen LogP contribution in [0.5, 0.6) is 0 Å². The maximum absolute atomic E-state index is 9.90. The van der Waals surface area contributed by atoms with Gasteiger partial charge in [0.05, 0.1) is 18.3 Å². The van der Waals surface area contributed by atoms with E-state index in [-0.39, 0.29) is 12.6 Å². The van der Waals surface area contributed by atoms with Gasteiger partial charge in [0.2, 0.25) is 0 Å². The van der Waals surface area contributed by atoms with Crippen molar-refractivity contribution in [1.29, 1.82) is 0 Å². The third kappa shape index (κ3) is 2.76. The first-order valence-electron chi connectivity index (χ1n) is 8.29. The van der Waals surface area contributed by atoms with Gasteiger partial charge >= 0.3 is 0 Å². The summed E-state index contributed by atoms with van der Waals surface area (Å²) < 4.78 is 0. The lowest BCUT2D eigenvalue weighted by molar-refractivity contribution is 0.195. The number of benzene rings is 1. The molecule has 0 bridgehead atoms. The minimum Gasteiger partial charge on any atom is -0.392 e. The molecule has 1 fully saturated rings. The van der Waals surface area contributed by atoms with E-state index < -0.39 is 0 Å². The van der Waals surface area contributed by atoms with Crippen LogP contribution < -0.4 is 5.32 Å². The minimum absolute atomic E-state index is 0.0150. The van der Waals surface area contributed by atoms with E-state index in [1.165, 1.54) is 5.56 Å². The normalized spacial score (nSPS) is 20.8. The molecule has 4 nitrogen and oxygen atoms in total. The Labute approximate surface area is 146 Å². The largest absolute Gasteiger partial charge is 0.392 e. The predicted molar refractivity (Wildman–Crippen MR) is 96.9 cm³/mol. The summed E-state index contributed by atoms with van der Waals surface area (Å²) in [5.74, 6) is 0. The summed E-state index contributed by atoms with van der Waals surface area (Å²) in [4.78, 5) is 7.17. The molecule has 2 N–H and O–H groups in total. The number of halogens is 1. The van der Waals surface area contributed by atoms with E-state index in [1.807, 2.05) is 36.5 Å². The Kier molecular flexibility index (Phi) is 4.37. The van der Waals surface area contributed by atoms with Crippen molar-refractivity contribution in [2.45, 2.75) is 6.04 Å². The number of rotatable bonds is 2. The molecule has 1 aromatic heterocycles. The molecule has 0 saturated carbocycles. The highest BCUT2D eigenvalue weighted by Crippen LogP contribution is 2.39. The van der Waals surface area contributed by atoms with E-state index in [2.05, 4.69) is 16.3 Å². The summed E-state index contributed by atoms with van der Waals surface area (Å²) in [5.41, 5.74) is 5.19. The van der Waals surface area contributed by atoms with Crippen molar-refractivity contribution in [3.05, 3.63) is 63.9 Å². The van der Waals surface area contributed by atoms with Gasteiger partial charge in [-0.3, -0.25) is 9.88 Å². The number of hydrogen-bond acceptors (Lipinski definition) is 4. The second-order valence-electron chi connectivity index (χ2n) is 6.23. The Hall–Kier alpha value is -1.72. The van der Waals surface area contributed by atoms with Crippen LogP contribution in [0.4, 0.5) is 0 Å². The molecule has 0 radical (unpaired) electrons. The number of aliphatic hydroxyl groups is 1. The number of pyridine rings is 1. The molecule has 4 rings (SSSR count). The zero-order valence-corrected chi connectivity index (χ0v) is 14.1. The van der Waals surface area contributed by atoms with Gasteiger partial charge in [-0.25, -0.2) is 0 Å². The van der Waals surface area contributed by atoms with Crippen LogP contribution >= 0.6 is 11.6 Å². The molecular formula is C19H20ClN3O. The minimum atomic E-state index is -0.0150. The average Bonchev–Trinajstić information content (AvgIpc) is 2.76. The molecular weight excluding hydrogens is 322 g/mol. The molecule has 1 saturated heterocycles. The highest BCUT2D eigenvalue weighted by molar-refractivity contribution is 6.30. The molecule has 124 valence electrons. The lowest BCUT2D eigenvalue weighted by atomic mass is 9.95. The second kappa shape index (κ2) is 6.65. The molecule has 2 aromatic rings. The van der Waals surface area contributed by atoms with Gasteiger partial charge in [0.1, 0.15) is 0 Å². The molecule has 1 aliphatic heterocycles. The van der Waals surface area contributed by atoms with E-state index in [1.54, 1.807) is 0 Å². The Balaban J connectivity index is 1.94. The Bertz CT molecular complexity index is 784. The summed E-state index contributed by atoms with van der Waals surface area (Å²) >= 11 is 6.23. The number of aliphatic hydroxyl groups excluding tert-OH is 1. The van der Waals surface area contributed by atoms with Crippen LogP contribution in [0.1, 0.15) is 28.4 Å². The van der Waals surface area contributed by atoms with Crippen LogP contribution in [0.3, 0.4) is 0 Å². The van der Waals surface area contributed by atoms with Gasteiger partial charge in [-0.15, -0.1) is 0 Å². The summed E-state index contributed by atoms with van der Waals surface area (Å²) in [6.45, 7) is 3.87. The lowest BCUT2D eigenvalue weighted by Crippen LogP contribution is -2.45. The van der Waals surface area contributed by atoms with Crippen molar-refractivity contribution in [3.8, 4) is 0 Å². The first-order valence-corrected chi connectivity index (χ1v) is 8.66. The molecule has 1 aliphatic carbocycles. The van der Waals surface area contributed by atoms with Crippen LogP contribution in [0, 0.1) is 0 Å². The van der Waals surface area contributed by atoms with Gasteiger partial charge in [0, 0.05) is 43.0 Å². The number of piperazine rings is 1. The van der Waals surface area contributed by atoms with Gasteiger partial charge in [-0.1, -0.05) is 23.7 Å². The number of fused-ring (bicyclic) bond motifs is 2. The molecule has 2 heterocycles. The van der Waals surface area contributed by atoms with Crippen LogP contribution in [0.15, 0.2) is 36.5 Å².